The first-order chi connectivity index (χ1) is 16.7. The Balaban J connectivity index is 1.39. The Labute approximate surface area is 212 Å². The SMILES string of the molecule is CC1(C)S[C@@H]2[C@H](NC(=O)Cc3ccccc3C(=O)OCCl)C(=O)N2[C@H]1C(=O)OCc1ccccc1. The van der Waals surface area contributed by atoms with E-state index in [-0.39, 0.29) is 35.9 Å². The maximum Gasteiger partial charge on any atom is 0.339 e. The van der Waals surface area contributed by atoms with E-state index in [1.807, 2.05) is 44.2 Å². The first kappa shape index (κ1) is 25.1. The summed E-state index contributed by atoms with van der Waals surface area (Å²) in [6.07, 6.45) is -0.110. The number of nitrogens with one attached hydrogen (secondary N) is 1. The summed E-state index contributed by atoms with van der Waals surface area (Å²) in [5, 5.41) is 2.38. The first-order valence-electron chi connectivity index (χ1n) is 11.0. The zero-order valence-corrected chi connectivity index (χ0v) is 20.8. The Kier molecular flexibility index (Phi) is 7.37. The highest BCUT2D eigenvalue weighted by Gasteiger charge is 2.64. The number of benzene rings is 2. The molecule has 2 saturated heterocycles. The van der Waals surface area contributed by atoms with E-state index in [0.717, 1.165) is 5.56 Å². The van der Waals surface area contributed by atoms with Crippen LogP contribution in [0.15, 0.2) is 54.6 Å². The summed E-state index contributed by atoms with van der Waals surface area (Å²) in [6, 6.07) is 14.1. The number of β-lactam (4-membered cyclic amide) rings is 1. The summed E-state index contributed by atoms with van der Waals surface area (Å²) in [6.45, 7) is 3.89. The highest BCUT2D eigenvalue weighted by Crippen LogP contribution is 2.51. The number of amides is 2. The van der Waals surface area contributed by atoms with E-state index in [1.165, 1.54) is 16.7 Å². The zero-order valence-electron chi connectivity index (χ0n) is 19.2. The summed E-state index contributed by atoms with van der Waals surface area (Å²) in [5.74, 6) is -1.85. The molecule has 8 nitrogen and oxygen atoms in total. The molecule has 0 radical (unpaired) electrons. The molecule has 2 aromatic carbocycles. The lowest BCUT2D eigenvalue weighted by Crippen LogP contribution is -2.70. The molecule has 35 heavy (non-hydrogen) atoms. The Hall–Kier alpha value is -3.04. The van der Waals surface area contributed by atoms with Crippen LogP contribution in [0.25, 0.3) is 0 Å². The van der Waals surface area contributed by atoms with Crippen LogP contribution in [-0.2, 0) is 36.9 Å². The van der Waals surface area contributed by atoms with E-state index in [2.05, 4.69) is 5.32 Å². The monoisotopic (exact) mass is 516 g/mol. The number of esters is 2. The van der Waals surface area contributed by atoms with Gasteiger partial charge >= 0.3 is 11.9 Å². The maximum absolute atomic E-state index is 13.0. The number of nitrogens with zero attached hydrogens (tertiary/aromatic N) is 1. The van der Waals surface area contributed by atoms with Gasteiger partial charge in [0.05, 0.1) is 12.0 Å². The molecule has 2 heterocycles. The minimum atomic E-state index is -0.763. The number of alkyl halides is 1. The highest BCUT2D eigenvalue weighted by molar-refractivity contribution is 8.01. The number of hydrogen-bond acceptors (Lipinski definition) is 7. The molecule has 4 rings (SSSR count). The molecule has 0 aliphatic carbocycles. The second kappa shape index (κ2) is 10.3. The van der Waals surface area contributed by atoms with Gasteiger partial charge in [0.25, 0.3) is 0 Å². The van der Waals surface area contributed by atoms with Gasteiger partial charge in [-0.3, -0.25) is 9.59 Å². The number of thioether (sulfide) groups is 1. The van der Waals surface area contributed by atoms with Gasteiger partial charge in [0.1, 0.15) is 24.1 Å². The minimum absolute atomic E-state index is 0.110. The molecule has 2 aromatic rings. The topological polar surface area (TPSA) is 102 Å². The van der Waals surface area contributed by atoms with E-state index in [1.54, 1.807) is 24.3 Å². The van der Waals surface area contributed by atoms with Gasteiger partial charge in [-0.1, -0.05) is 60.1 Å². The molecule has 0 spiro atoms. The number of carbonyl (C=O) groups excluding carboxylic acids is 4. The molecule has 0 bridgehead atoms. The average Bonchev–Trinajstić information content (AvgIpc) is 3.10. The number of fused-ring (bicyclic) bond motifs is 1. The Morgan fingerprint density at radius 2 is 1.74 bits per heavy atom. The molecule has 0 unspecified atom stereocenters. The second-order valence-corrected chi connectivity index (χ2v) is 10.8. The third kappa shape index (κ3) is 5.16. The molecule has 2 amide bonds. The third-order valence-corrected chi connectivity index (χ3v) is 7.66. The Morgan fingerprint density at radius 3 is 2.46 bits per heavy atom. The van der Waals surface area contributed by atoms with Crippen LogP contribution in [0, 0.1) is 0 Å². The van der Waals surface area contributed by atoms with Crippen molar-refractivity contribution in [3.8, 4) is 0 Å². The fraction of sp³-hybridized carbons (Fsp3) is 0.360. The molecule has 3 atom stereocenters. The van der Waals surface area contributed by atoms with Gasteiger partial charge in [0, 0.05) is 4.75 Å². The van der Waals surface area contributed by atoms with Crippen molar-refractivity contribution in [3.63, 3.8) is 0 Å². The molecule has 184 valence electrons. The van der Waals surface area contributed by atoms with Gasteiger partial charge < -0.3 is 19.7 Å². The standard InChI is InChI=1S/C25H25ClN2O6S/c1-25(2)20(24(32)33-13-15-8-4-3-5-9-15)28-21(30)19(22(28)35-25)27-18(29)12-16-10-6-7-11-17(16)23(31)34-14-26/h3-11,19-20,22H,12-14H2,1-2H3,(H,27,29)/t19-,20+,22-/m1/s1. The molecule has 0 aromatic heterocycles. The first-order valence-corrected chi connectivity index (χ1v) is 12.5. The van der Waals surface area contributed by atoms with Gasteiger partial charge in [0.15, 0.2) is 6.07 Å². The van der Waals surface area contributed by atoms with E-state index >= 15 is 0 Å². The van der Waals surface area contributed by atoms with E-state index in [9.17, 15) is 19.2 Å². The molecular weight excluding hydrogens is 492 g/mol. The summed E-state index contributed by atoms with van der Waals surface area (Å²) >= 11 is 6.93. The second-order valence-electron chi connectivity index (χ2n) is 8.77. The number of hydrogen-bond donors (Lipinski definition) is 1. The van der Waals surface area contributed by atoms with E-state index < -0.39 is 34.7 Å². The average molecular weight is 517 g/mol. The van der Waals surface area contributed by atoms with Crippen molar-refractivity contribution in [3.05, 3.63) is 71.3 Å². The zero-order chi connectivity index (χ0) is 25.2. The molecule has 2 aliphatic rings. The van der Waals surface area contributed by atoms with Crippen molar-refractivity contribution in [2.75, 3.05) is 6.07 Å². The van der Waals surface area contributed by atoms with Gasteiger partial charge in [0.2, 0.25) is 11.8 Å². The molecule has 2 aliphatic heterocycles. The predicted octanol–water partition coefficient (Wildman–Crippen LogP) is 2.87. The fourth-order valence-electron chi connectivity index (χ4n) is 4.33. The van der Waals surface area contributed by atoms with Crippen LogP contribution >= 0.6 is 23.4 Å². The quantitative estimate of drug-likeness (QED) is 0.327. The van der Waals surface area contributed by atoms with Crippen molar-refractivity contribution in [1.82, 2.24) is 10.2 Å². The van der Waals surface area contributed by atoms with Crippen molar-refractivity contribution >= 4 is 47.1 Å². The van der Waals surface area contributed by atoms with Crippen molar-refractivity contribution in [2.24, 2.45) is 0 Å². The van der Waals surface area contributed by atoms with Gasteiger partial charge in [-0.25, -0.2) is 9.59 Å². The largest absolute Gasteiger partial charge is 0.459 e. The number of rotatable bonds is 8. The van der Waals surface area contributed by atoms with Crippen LogP contribution in [-0.4, -0.2) is 56.9 Å². The highest BCUT2D eigenvalue weighted by atomic mass is 35.5. The maximum atomic E-state index is 13.0. The van der Waals surface area contributed by atoms with Crippen LogP contribution in [0.1, 0.15) is 35.3 Å². The fourth-order valence-corrected chi connectivity index (χ4v) is 6.05. The van der Waals surface area contributed by atoms with Crippen LogP contribution in [0.3, 0.4) is 0 Å². The lowest BCUT2D eigenvalue weighted by atomic mass is 9.95. The Bertz CT molecular complexity index is 1140. The third-order valence-electron chi connectivity index (χ3n) is 5.98. The van der Waals surface area contributed by atoms with Crippen LogP contribution in [0.2, 0.25) is 0 Å². The summed E-state index contributed by atoms with van der Waals surface area (Å²) < 4.78 is 9.75. The normalized spacial score (nSPS) is 22.1. The predicted molar refractivity (Wildman–Crippen MR) is 131 cm³/mol. The van der Waals surface area contributed by atoms with Gasteiger partial charge in [-0.15, -0.1) is 11.8 Å². The van der Waals surface area contributed by atoms with E-state index in [0.29, 0.717) is 5.56 Å². The number of carbonyl (C=O) groups is 4. The van der Waals surface area contributed by atoms with Crippen molar-refractivity contribution in [1.29, 1.82) is 0 Å². The van der Waals surface area contributed by atoms with Crippen LogP contribution in [0.4, 0.5) is 0 Å². The number of halogens is 1. The lowest BCUT2D eigenvalue weighted by molar-refractivity contribution is -0.165. The summed E-state index contributed by atoms with van der Waals surface area (Å²) in [5.41, 5.74) is 1.56. The lowest BCUT2D eigenvalue weighted by Gasteiger charge is -2.44. The molecule has 10 heteroatoms. The molecule has 0 saturated carbocycles. The van der Waals surface area contributed by atoms with Crippen molar-refractivity contribution < 1.29 is 28.7 Å². The molecule has 1 N–H and O–H groups in total. The van der Waals surface area contributed by atoms with Gasteiger partial charge in [-0.05, 0) is 31.0 Å². The molecule has 2 fully saturated rings. The summed E-state index contributed by atoms with van der Waals surface area (Å²) in [4.78, 5) is 52.3. The number of ether oxygens (including phenoxy) is 2. The smallest absolute Gasteiger partial charge is 0.339 e. The van der Waals surface area contributed by atoms with Crippen LogP contribution < -0.4 is 5.32 Å². The summed E-state index contributed by atoms with van der Waals surface area (Å²) in [7, 11) is 0. The van der Waals surface area contributed by atoms with Gasteiger partial charge in [-0.2, -0.15) is 0 Å². The Morgan fingerprint density at radius 1 is 1.06 bits per heavy atom. The van der Waals surface area contributed by atoms with Crippen molar-refractivity contribution in [2.45, 2.75) is 49.1 Å². The minimum Gasteiger partial charge on any atom is -0.459 e. The van der Waals surface area contributed by atoms with Crippen LogP contribution in [0.5, 0.6) is 0 Å². The van der Waals surface area contributed by atoms with E-state index in [4.69, 9.17) is 21.1 Å². The molecular formula is C25H25ClN2O6S.